The molecular formula is C11H18BrNO2S2. The topological polar surface area (TPSA) is 46.2 Å². The Labute approximate surface area is 116 Å². The quantitative estimate of drug-likeness (QED) is 0.827. The molecular weight excluding hydrogens is 322 g/mol. The maximum Gasteiger partial charge on any atom is 0.212 e. The number of nitrogens with one attached hydrogen (secondary N) is 1. The maximum absolute atomic E-state index is 11.8. The summed E-state index contributed by atoms with van der Waals surface area (Å²) in [5, 5.41) is 3.89. The standard InChI is InChI=1S/C11H18BrNO2S2/c1-3-4-9(2)8-17(14,15)13-5-10-6-16-7-11(10)12/h6-7,9,13H,3-5,8H2,1-2H3. The van der Waals surface area contributed by atoms with Gasteiger partial charge in [0.1, 0.15) is 0 Å². The van der Waals surface area contributed by atoms with E-state index in [4.69, 9.17) is 0 Å². The number of halogens is 1. The predicted molar refractivity (Wildman–Crippen MR) is 76.7 cm³/mol. The second-order valence-corrected chi connectivity index (χ2v) is 7.69. The molecule has 1 heterocycles. The van der Waals surface area contributed by atoms with Gasteiger partial charge in [0.15, 0.2) is 0 Å². The lowest BCUT2D eigenvalue weighted by atomic mass is 10.1. The molecule has 1 rings (SSSR count). The van der Waals surface area contributed by atoms with E-state index < -0.39 is 10.0 Å². The number of rotatable bonds is 7. The monoisotopic (exact) mass is 339 g/mol. The van der Waals surface area contributed by atoms with Gasteiger partial charge in [-0.1, -0.05) is 20.3 Å². The van der Waals surface area contributed by atoms with E-state index in [1.165, 1.54) is 0 Å². The van der Waals surface area contributed by atoms with Gasteiger partial charge in [-0.3, -0.25) is 0 Å². The Hall–Kier alpha value is 0.0900. The molecule has 0 spiro atoms. The zero-order valence-electron chi connectivity index (χ0n) is 10.1. The summed E-state index contributed by atoms with van der Waals surface area (Å²) in [5.41, 5.74) is 0.988. The first-order valence-electron chi connectivity index (χ1n) is 5.62. The third-order valence-corrected chi connectivity index (χ3v) is 5.88. The van der Waals surface area contributed by atoms with Crippen LogP contribution in [0.25, 0.3) is 0 Å². The lowest BCUT2D eigenvalue weighted by molar-refractivity contribution is 0.536. The van der Waals surface area contributed by atoms with Gasteiger partial charge < -0.3 is 0 Å². The summed E-state index contributed by atoms with van der Waals surface area (Å²) in [6, 6.07) is 0. The van der Waals surface area contributed by atoms with Crippen molar-refractivity contribution in [2.75, 3.05) is 5.75 Å². The van der Waals surface area contributed by atoms with Crippen LogP contribution in [0, 0.1) is 5.92 Å². The summed E-state index contributed by atoms with van der Waals surface area (Å²) in [6.07, 6.45) is 1.97. The fraction of sp³-hybridized carbons (Fsp3) is 0.636. The molecule has 0 radical (unpaired) electrons. The van der Waals surface area contributed by atoms with Crippen LogP contribution < -0.4 is 4.72 Å². The van der Waals surface area contributed by atoms with Crippen LogP contribution in [0.3, 0.4) is 0 Å². The molecule has 3 nitrogen and oxygen atoms in total. The average Bonchev–Trinajstić information content (AvgIpc) is 2.60. The molecule has 1 N–H and O–H groups in total. The van der Waals surface area contributed by atoms with Gasteiger partial charge in [0.2, 0.25) is 10.0 Å². The molecule has 17 heavy (non-hydrogen) atoms. The summed E-state index contributed by atoms with van der Waals surface area (Å²) in [7, 11) is -3.16. The van der Waals surface area contributed by atoms with Gasteiger partial charge in [-0.2, -0.15) is 11.3 Å². The van der Waals surface area contributed by atoms with E-state index in [1.54, 1.807) is 11.3 Å². The van der Waals surface area contributed by atoms with Crippen molar-refractivity contribution in [3.05, 3.63) is 20.8 Å². The van der Waals surface area contributed by atoms with Crippen molar-refractivity contribution >= 4 is 37.3 Å². The van der Waals surface area contributed by atoms with Crippen LogP contribution in [0.5, 0.6) is 0 Å². The zero-order chi connectivity index (χ0) is 12.9. The molecule has 1 atom stereocenters. The summed E-state index contributed by atoms with van der Waals surface area (Å²) >= 11 is 4.94. The molecule has 6 heteroatoms. The lowest BCUT2D eigenvalue weighted by Crippen LogP contribution is -2.28. The van der Waals surface area contributed by atoms with Gasteiger partial charge in [-0.05, 0) is 39.2 Å². The third kappa shape index (κ3) is 5.50. The summed E-state index contributed by atoms with van der Waals surface area (Å²) < 4.78 is 27.2. The minimum absolute atomic E-state index is 0.211. The molecule has 0 amide bonds. The molecule has 0 fully saturated rings. The molecule has 1 aromatic heterocycles. The zero-order valence-corrected chi connectivity index (χ0v) is 13.3. The Morgan fingerprint density at radius 3 is 2.71 bits per heavy atom. The van der Waals surface area contributed by atoms with E-state index in [0.717, 1.165) is 22.9 Å². The fourth-order valence-electron chi connectivity index (χ4n) is 1.63. The van der Waals surface area contributed by atoms with Gasteiger partial charge in [-0.15, -0.1) is 0 Å². The Morgan fingerprint density at radius 1 is 1.47 bits per heavy atom. The van der Waals surface area contributed by atoms with Crippen LogP contribution in [0.1, 0.15) is 32.3 Å². The van der Waals surface area contributed by atoms with Crippen LogP contribution in [-0.4, -0.2) is 14.2 Å². The van der Waals surface area contributed by atoms with Crippen molar-refractivity contribution in [3.8, 4) is 0 Å². The first-order valence-corrected chi connectivity index (χ1v) is 9.01. The Kier molecular flexibility index (Phi) is 6.12. The van der Waals surface area contributed by atoms with Gasteiger partial charge in [0, 0.05) is 16.4 Å². The van der Waals surface area contributed by atoms with Crippen LogP contribution in [0.2, 0.25) is 0 Å². The highest BCUT2D eigenvalue weighted by Gasteiger charge is 2.15. The van der Waals surface area contributed by atoms with E-state index in [0.29, 0.717) is 6.54 Å². The molecule has 1 unspecified atom stereocenters. The number of hydrogen-bond donors (Lipinski definition) is 1. The van der Waals surface area contributed by atoms with Crippen LogP contribution in [0.4, 0.5) is 0 Å². The van der Waals surface area contributed by atoms with E-state index >= 15 is 0 Å². The van der Waals surface area contributed by atoms with E-state index in [-0.39, 0.29) is 11.7 Å². The second-order valence-electron chi connectivity index (χ2n) is 4.24. The molecule has 0 saturated heterocycles. The smallest absolute Gasteiger partial charge is 0.212 e. The molecule has 0 aliphatic heterocycles. The van der Waals surface area contributed by atoms with E-state index in [1.807, 2.05) is 17.7 Å². The first-order chi connectivity index (χ1) is 7.94. The van der Waals surface area contributed by atoms with Crippen LogP contribution in [0.15, 0.2) is 15.2 Å². The van der Waals surface area contributed by atoms with E-state index in [9.17, 15) is 8.42 Å². The van der Waals surface area contributed by atoms with Crippen LogP contribution in [-0.2, 0) is 16.6 Å². The second kappa shape index (κ2) is 6.87. The summed E-state index contributed by atoms with van der Waals surface area (Å²) in [5.74, 6) is 0.422. The minimum Gasteiger partial charge on any atom is -0.212 e. The number of thiophene rings is 1. The molecule has 0 saturated carbocycles. The SMILES string of the molecule is CCCC(C)CS(=O)(=O)NCc1cscc1Br. The maximum atomic E-state index is 11.8. The normalized spacial score (nSPS) is 13.8. The van der Waals surface area contributed by atoms with Gasteiger partial charge >= 0.3 is 0 Å². The average molecular weight is 340 g/mol. The van der Waals surface area contributed by atoms with Gasteiger partial charge in [-0.25, -0.2) is 13.1 Å². The third-order valence-electron chi connectivity index (χ3n) is 2.46. The highest BCUT2D eigenvalue weighted by Crippen LogP contribution is 2.21. The lowest BCUT2D eigenvalue weighted by Gasteiger charge is -2.11. The first kappa shape index (κ1) is 15.1. The number of sulfonamides is 1. The molecule has 0 aromatic carbocycles. The van der Waals surface area contributed by atoms with Crippen LogP contribution >= 0.6 is 27.3 Å². The molecule has 0 aliphatic carbocycles. The largest absolute Gasteiger partial charge is 0.212 e. The fourth-order valence-corrected chi connectivity index (χ4v) is 4.48. The molecule has 1 aromatic rings. The minimum atomic E-state index is -3.16. The number of hydrogen-bond acceptors (Lipinski definition) is 3. The van der Waals surface area contributed by atoms with Crippen molar-refractivity contribution < 1.29 is 8.42 Å². The molecule has 0 aliphatic rings. The van der Waals surface area contributed by atoms with Gasteiger partial charge in [0.05, 0.1) is 5.75 Å². The Bertz CT molecular complexity index is 442. The Morgan fingerprint density at radius 2 is 2.18 bits per heavy atom. The van der Waals surface area contributed by atoms with E-state index in [2.05, 4.69) is 27.6 Å². The van der Waals surface area contributed by atoms with Crippen molar-refractivity contribution in [3.63, 3.8) is 0 Å². The highest BCUT2D eigenvalue weighted by atomic mass is 79.9. The highest BCUT2D eigenvalue weighted by molar-refractivity contribution is 9.10. The van der Waals surface area contributed by atoms with Gasteiger partial charge in [0.25, 0.3) is 0 Å². The summed E-state index contributed by atoms with van der Waals surface area (Å²) in [4.78, 5) is 0. The van der Waals surface area contributed by atoms with Crippen molar-refractivity contribution in [1.82, 2.24) is 4.72 Å². The van der Waals surface area contributed by atoms with Crippen molar-refractivity contribution in [2.24, 2.45) is 5.92 Å². The van der Waals surface area contributed by atoms with Crippen molar-refractivity contribution in [1.29, 1.82) is 0 Å². The van der Waals surface area contributed by atoms with Crippen molar-refractivity contribution in [2.45, 2.75) is 33.2 Å². The molecule has 98 valence electrons. The Balaban J connectivity index is 2.48. The molecule has 0 bridgehead atoms. The summed E-state index contributed by atoms with van der Waals surface area (Å²) in [6.45, 7) is 4.41. The predicted octanol–water partition coefficient (Wildman–Crippen LogP) is 3.37.